The molecule has 1 aliphatic heterocycles. The number of hydrogen-bond acceptors (Lipinski definition) is 4. The summed E-state index contributed by atoms with van der Waals surface area (Å²) in [6, 6.07) is 7.21. The zero-order chi connectivity index (χ0) is 14.1. The molecule has 3 rings (SSSR count). The van der Waals surface area contributed by atoms with Crippen LogP contribution in [0.5, 0.6) is 0 Å². The number of benzene rings is 1. The highest BCUT2D eigenvalue weighted by Crippen LogP contribution is 2.27. The Morgan fingerprint density at radius 2 is 2.19 bits per heavy atom. The Bertz CT molecular complexity index is 662. The van der Waals surface area contributed by atoms with Crippen LogP contribution >= 0.6 is 12.4 Å². The predicted molar refractivity (Wildman–Crippen MR) is 83.4 cm³/mol. The van der Waals surface area contributed by atoms with Crippen LogP contribution in [0.25, 0.3) is 10.9 Å². The lowest BCUT2D eigenvalue weighted by molar-refractivity contribution is 0.0699. The molecule has 0 radical (unpaired) electrons. The van der Waals surface area contributed by atoms with Crippen LogP contribution in [0, 0.1) is 5.92 Å². The normalized spacial score (nSPS) is 17.8. The molecule has 21 heavy (non-hydrogen) atoms. The van der Waals surface area contributed by atoms with Gasteiger partial charge in [0.1, 0.15) is 0 Å². The minimum absolute atomic E-state index is 0. The summed E-state index contributed by atoms with van der Waals surface area (Å²) in [5.41, 5.74) is 1.95. The molecule has 5 nitrogen and oxygen atoms in total. The SMILES string of the molecule is Cl.O=C(O)c1ccnc2ccc(N3CC[C@@H](CO)C3)cc12. The molecule has 0 bridgehead atoms. The van der Waals surface area contributed by atoms with Crippen LogP contribution in [0.4, 0.5) is 5.69 Å². The lowest BCUT2D eigenvalue weighted by Gasteiger charge is -2.19. The van der Waals surface area contributed by atoms with E-state index in [0.29, 0.717) is 16.8 Å². The fraction of sp³-hybridized carbons (Fsp3) is 0.333. The van der Waals surface area contributed by atoms with Gasteiger partial charge in [0, 0.05) is 42.9 Å². The van der Waals surface area contributed by atoms with E-state index in [0.717, 1.165) is 25.2 Å². The molecule has 0 spiro atoms. The number of hydrogen-bond donors (Lipinski definition) is 2. The lowest BCUT2D eigenvalue weighted by atomic mass is 10.1. The number of carboxylic acids is 1. The second-order valence-corrected chi connectivity index (χ2v) is 5.15. The maximum atomic E-state index is 11.3. The second-order valence-electron chi connectivity index (χ2n) is 5.15. The molecule has 1 saturated heterocycles. The largest absolute Gasteiger partial charge is 0.478 e. The van der Waals surface area contributed by atoms with Crippen molar-refractivity contribution in [2.75, 3.05) is 24.6 Å². The summed E-state index contributed by atoms with van der Waals surface area (Å²) in [6.45, 7) is 1.90. The average molecular weight is 309 g/mol. The standard InChI is InChI=1S/C15H16N2O3.ClH/c18-9-10-4-6-17(8-10)11-1-2-14-13(7-11)12(15(19)20)3-5-16-14;/h1-3,5,7,10,18H,4,6,8-9H2,(H,19,20);1H/t10-;/m1./s1. The summed E-state index contributed by atoms with van der Waals surface area (Å²) < 4.78 is 0. The third-order valence-corrected chi connectivity index (χ3v) is 3.86. The Morgan fingerprint density at radius 1 is 1.38 bits per heavy atom. The van der Waals surface area contributed by atoms with Gasteiger partial charge in [0.15, 0.2) is 0 Å². The minimum Gasteiger partial charge on any atom is -0.478 e. The lowest BCUT2D eigenvalue weighted by Crippen LogP contribution is -2.20. The molecule has 6 heteroatoms. The number of anilines is 1. The third-order valence-electron chi connectivity index (χ3n) is 3.86. The molecule has 1 aromatic carbocycles. The highest BCUT2D eigenvalue weighted by Gasteiger charge is 2.22. The van der Waals surface area contributed by atoms with Crippen LogP contribution < -0.4 is 4.90 Å². The van der Waals surface area contributed by atoms with Crippen LogP contribution in [-0.4, -0.2) is 40.9 Å². The van der Waals surface area contributed by atoms with E-state index in [4.69, 9.17) is 0 Å². The van der Waals surface area contributed by atoms with E-state index in [9.17, 15) is 15.0 Å². The molecule has 0 unspecified atom stereocenters. The first-order valence-corrected chi connectivity index (χ1v) is 6.67. The summed E-state index contributed by atoms with van der Waals surface area (Å²) >= 11 is 0. The summed E-state index contributed by atoms with van der Waals surface area (Å²) in [5, 5.41) is 19.1. The third kappa shape index (κ3) is 2.94. The molecular weight excluding hydrogens is 292 g/mol. The van der Waals surface area contributed by atoms with Crippen LogP contribution in [0.3, 0.4) is 0 Å². The Balaban J connectivity index is 0.00000161. The van der Waals surface area contributed by atoms with Crippen molar-refractivity contribution < 1.29 is 15.0 Å². The van der Waals surface area contributed by atoms with Crippen LogP contribution in [0.15, 0.2) is 30.5 Å². The molecule has 1 aliphatic rings. The molecule has 112 valence electrons. The Kier molecular flexibility index (Phi) is 4.65. The first-order valence-electron chi connectivity index (χ1n) is 6.67. The number of carboxylic acid groups (broad SMARTS) is 1. The number of carbonyl (C=O) groups is 1. The van der Waals surface area contributed by atoms with Gasteiger partial charge in [0.2, 0.25) is 0 Å². The van der Waals surface area contributed by atoms with Crippen molar-refractivity contribution in [3.8, 4) is 0 Å². The first-order chi connectivity index (χ1) is 9.69. The number of pyridine rings is 1. The highest BCUT2D eigenvalue weighted by molar-refractivity contribution is 6.03. The van der Waals surface area contributed by atoms with E-state index in [2.05, 4.69) is 9.88 Å². The van der Waals surface area contributed by atoms with Gasteiger partial charge in [-0.1, -0.05) is 0 Å². The molecule has 1 atom stereocenters. The number of fused-ring (bicyclic) bond motifs is 1. The van der Waals surface area contributed by atoms with E-state index >= 15 is 0 Å². The number of rotatable bonds is 3. The van der Waals surface area contributed by atoms with Gasteiger partial charge in [-0.15, -0.1) is 12.4 Å². The van der Waals surface area contributed by atoms with E-state index in [1.165, 1.54) is 12.3 Å². The number of aliphatic hydroxyl groups is 1. The molecule has 0 aliphatic carbocycles. The molecule has 0 amide bonds. The average Bonchev–Trinajstić information content (AvgIpc) is 2.94. The van der Waals surface area contributed by atoms with Gasteiger partial charge >= 0.3 is 5.97 Å². The van der Waals surface area contributed by atoms with Gasteiger partial charge in [-0.05, 0) is 30.7 Å². The molecule has 2 aromatic rings. The summed E-state index contributed by atoms with van der Waals surface area (Å²) in [7, 11) is 0. The predicted octanol–water partition coefficient (Wildman–Crippen LogP) is 2.17. The van der Waals surface area contributed by atoms with Crippen molar-refractivity contribution in [1.82, 2.24) is 4.98 Å². The second kappa shape index (κ2) is 6.28. The molecule has 1 fully saturated rings. The van der Waals surface area contributed by atoms with Crippen LogP contribution in [0.2, 0.25) is 0 Å². The van der Waals surface area contributed by atoms with Crippen molar-refractivity contribution >= 4 is 35.0 Å². The molecule has 0 saturated carbocycles. The zero-order valence-corrected chi connectivity index (χ0v) is 12.2. The van der Waals surface area contributed by atoms with E-state index in [1.807, 2.05) is 18.2 Å². The fourth-order valence-corrected chi connectivity index (χ4v) is 2.73. The van der Waals surface area contributed by atoms with Gasteiger partial charge in [-0.25, -0.2) is 4.79 Å². The van der Waals surface area contributed by atoms with Gasteiger partial charge in [0.05, 0.1) is 11.1 Å². The molecule has 2 heterocycles. The van der Waals surface area contributed by atoms with Crippen molar-refractivity contribution in [2.45, 2.75) is 6.42 Å². The number of aromatic carboxylic acids is 1. The fourth-order valence-electron chi connectivity index (χ4n) is 2.73. The first kappa shape index (κ1) is 15.5. The maximum Gasteiger partial charge on any atom is 0.336 e. The Morgan fingerprint density at radius 3 is 2.86 bits per heavy atom. The summed E-state index contributed by atoms with van der Waals surface area (Å²) in [4.78, 5) is 17.7. The number of aliphatic hydroxyl groups excluding tert-OH is 1. The van der Waals surface area contributed by atoms with Crippen LogP contribution in [0.1, 0.15) is 16.8 Å². The minimum atomic E-state index is -0.941. The van der Waals surface area contributed by atoms with Gasteiger partial charge in [-0.3, -0.25) is 4.98 Å². The van der Waals surface area contributed by atoms with Crippen molar-refractivity contribution in [3.05, 3.63) is 36.0 Å². The van der Waals surface area contributed by atoms with E-state index in [-0.39, 0.29) is 24.6 Å². The van der Waals surface area contributed by atoms with E-state index < -0.39 is 5.97 Å². The van der Waals surface area contributed by atoms with Gasteiger partial charge < -0.3 is 15.1 Å². The van der Waals surface area contributed by atoms with Crippen LogP contribution in [-0.2, 0) is 0 Å². The highest BCUT2D eigenvalue weighted by atomic mass is 35.5. The van der Waals surface area contributed by atoms with Crippen molar-refractivity contribution in [3.63, 3.8) is 0 Å². The van der Waals surface area contributed by atoms with E-state index in [1.54, 1.807) is 0 Å². The number of nitrogens with zero attached hydrogens (tertiary/aromatic N) is 2. The smallest absolute Gasteiger partial charge is 0.336 e. The number of aromatic nitrogens is 1. The zero-order valence-electron chi connectivity index (χ0n) is 11.4. The van der Waals surface area contributed by atoms with Crippen molar-refractivity contribution in [1.29, 1.82) is 0 Å². The summed E-state index contributed by atoms with van der Waals surface area (Å²) in [6.07, 6.45) is 2.48. The Hall–Kier alpha value is -1.85. The molecular formula is C15H17ClN2O3. The van der Waals surface area contributed by atoms with Gasteiger partial charge in [-0.2, -0.15) is 0 Å². The van der Waals surface area contributed by atoms with Gasteiger partial charge in [0.25, 0.3) is 0 Å². The maximum absolute atomic E-state index is 11.3. The topological polar surface area (TPSA) is 73.7 Å². The quantitative estimate of drug-likeness (QED) is 0.909. The Labute approximate surface area is 128 Å². The van der Waals surface area contributed by atoms with Crippen molar-refractivity contribution in [2.24, 2.45) is 5.92 Å². The monoisotopic (exact) mass is 308 g/mol. The molecule has 1 aromatic heterocycles. The molecule has 2 N–H and O–H groups in total. The summed E-state index contributed by atoms with van der Waals surface area (Å²) in [5.74, 6) is -0.636. The number of halogens is 1.